The van der Waals surface area contributed by atoms with Gasteiger partial charge in [0.15, 0.2) is 5.82 Å². The molecule has 0 saturated heterocycles. The van der Waals surface area contributed by atoms with E-state index in [0.717, 1.165) is 10.4 Å². The van der Waals surface area contributed by atoms with E-state index in [1.807, 2.05) is 36.6 Å². The monoisotopic (exact) mass is 379 g/mol. The Morgan fingerprint density at radius 1 is 1.42 bits per heavy atom. The van der Waals surface area contributed by atoms with Crippen LogP contribution in [0.1, 0.15) is 5.56 Å². The first-order chi connectivity index (χ1) is 11.5. The SMILES string of the molecule is Cc1ccc(NC(=O)CSc2nnc(-c3cccs3)n2N)cc1Cl. The van der Waals surface area contributed by atoms with Crippen LogP contribution in [0.4, 0.5) is 5.69 Å². The van der Waals surface area contributed by atoms with Crippen LogP contribution in [-0.4, -0.2) is 26.5 Å². The molecule has 24 heavy (non-hydrogen) atoms. The van der Waals surface area contributed by atoms with Crippen LogP contribution in [-0.2, 0) is 4.79 Å². The summed E-state index contributed by atoms with van der Waals surface area (Å²) in [5.74, 6) is 6.59. The Morgan fingerprint density at radius 3 is 2.96 bits per heavy atom. The molecule has 3 rings (SSSR count). The van der Waals surface area contributed by atoms with Crippen molar-refractivity contribution < 1.29 is 4.79 Å². The fourth-order valence-electron chi connectivity index (χ4n) is 1.95. The van der Waals surface area contributed by atoms with Gasteiger partial charge in [0.05, 0.1) is 10.6 Å². The molecule has 0 fully saturated rings. The molecule has 0 unspecified atom stereocenters. The zero-order valence-electron chi connectivity index (χ0n) is 12.7. The van der Waals surface area contributed by atoms with Crippen LogP contribution >= 0.6 is 34.7 Å². The third-order valence-electron chi connectivity index (χ3n) is 3.19. The normalized spacial score (nSPS) is 10.8. The number of rotatable bonds is 5. The summed E-state index contributed by atoms with van der Waals surface area (Å²) in [5.41, 5.74) is 1.62. The van der Waals surface area contributed by atoms with Crippen molar-refractivity contribution in [3.05, 3.63) is 46.3 Å². The number of hydrogen-bond donors (Lipinski definition) is 2. The number of thiophene rings is 1. The molecule has 2 aromatic heterocycles. The molecule has 1 amide bonds. The number of nitrogen functional groups attached to an aromatic ring is 1. The fourth-order valence-corrected chi connectivity index (χ4v) is 3.49. The highest BCUT2D eigenvalue weighted by molar-refractivity contribution is 7.99. The van der Waals surface area contributed by atoms with E-state index >= 15 is 0 Å². The molecule has 6 nitrogen and oxygen atoms in total. The third kappa shape index (κ3) is 3.72. The number of anilines is 1. The number of benzene rings is 1. The molecule has 3 aromatic rings. The number of hydrogen-bond acceptors (Lipinski definition) is 6. The van der Waals surface area contributed by atoms with Crippen LogP contribution in [0.2, 0.25) is 5.02 Å². The molecule has 0 atom stereocenters. The largest absolute Gasteiger partial charge is 0.335 e. The lowest BCUT2D eigenvalue weighted by Gasteiger charge is -2.06. The quantitative estimate of drug-likeness (QED) is 0.524. The van der Waals surface area contributed by atoms with E-state index in [4.69, 9.17) is 17.4 Å². The maximum absolute atomic E-state index is 12.1. The van der Waals surface area contributed by atoms with Crippen LogP contribution in [0.5, 0.6) is 0 Å². The van der Waals surface area contributed by atoms with E-state index in [1.54, 1.807) is 6.07 Å². The van der Waals surface area contributed by atoms with Crippen molar-refractivity contribution in [2.45, 2.75) is 12.1 Å². The lowest BCUT2D eigenvalue weighted by molar-refractivity contribution is -0.113. The molecule has 1 aromatic carbocycles. The minimum Gasteiger partial charge on any atom is -0.335 e. The number of carbonyl (C=O) groups is 1. The summed E-state index contributed by atoms with van der Waals surface area (Å²) in [5, 5.41) is 13.9. The molecule has 0 radical (unpaired) electrons. The van der Waals surface area contributed by atoms with Gasteiger partial charge in [-0.15, -0.1) is 21.5 Å². The third-order valence-corrected chi connectivity index (χ3v) is 5.41. The second-order valence-corrected chi connectivity index (χ2v) is 7.25. The number of nitrogens with zero attached hydrogens (tertiary/aromatic N) is 3. The highest BCUT2D eigenvalue weighted by Gasteiger charge is 2.14. The number of carbonyl (C=O) groups excluding carboxylic acids is 1. The number of amides is 1. The zero-order chi connectivity index (χ0) is 17.1. The van der Waals surface area contributed by atoms with Gasteiger partial charge in [0, 0.05) is 10.7 Å². The fraction of sp³-hybridized carbons (Fsp3) is 0.133. The van der Waals surface area contributed by atoms with Gasteiger partial charge in [0.1, 0.15) is 0 Å². The molecule has 2 heterocycles. The van der Waals surface area contributed by atoms with Gasteiger partial charge in [0.25, 0.3) is 0 Å². The number of aromatic nitrogens is 3. The lowest BCUT2D eigenvalue weighted by Crippen LogP contribution is -2.16. The van der Waals surface area contributed by atoms with E-state index < -0.39 is 0 Å². The van der Waals surface area contributed by atoms with Crippen LogP contribution in [0, 0.1) is 6.92 Å². The average molecular weight is 380 g/mol. The Labute approximate surface area is 152 Å². The maximum atomic E-state index is 12.1. The topological polar surface area (TPSA) is 85.8 Å². The molecule has 0 aliphatic carbocycles. The highest BCUT2D eigenvalue weighted by atomic mass is 35.5. The number of nitrogens with one attached hydrogen (secondary N) is 1. The predicted molar refractivity (Wildman–Crippen MR) is 99.0 cm³/mol. The summed E-state index contributed by atoms with van der Waals surface area (Å²) in [6, 6.07) is 9.22. The van der Waals surface area contributed by atoms with Gasteiger partial charge in [-0.3, -0.25) is 4.79 Å². The van der Waals surface area contributed by atoms with E-state index in [2.05, 4.69) is 15.5 Å². The first kappa shape index (κ1) is 16.8. The van der Waals surface area contributed by atoms with Crippen LogP contribution in [0.25, 0.3) is 10.7 Å². The second kappa shape index (κ2) is 7.25. The second-order valence-electron chi connectivity index (χ2n) is 4.95. The highest BCUT2D eigenvalue weighted by Crippen LogP contribution is 2.25. The predicted octanol–water partition coefficient (Wildman–Crippen LogP) is 3.41. The van der Waals surface area contributed by atoms with Crippen molar-refractivity contribution in [3.63, 3.8) is 0 Å². The average Bonchev–Trinajstić information content (AvgIpc) is 3.19. The van der Waals surface area contributed by atoms with Gasteiger partial charge >= 0.3 is 0 Å². The number of halogens is 1. The summed E-state index contributed by atoms with van der Waals surface area (Å²) < 4.78 is 1.40. The summed E-state index contributed by atoms with van der Waals surface area (Å²) >= 11 is 8.80. The minimum atomic E-state index is -0.166. The van der Waals surface area contributed by atoms with Crippen LogP contribution < -0.4 is 11.2 Å². The van der Waals surface area contributed by atoms with Gasteiger partial charge in [-0.05, 0) is 36.1 Å². The lowest BCUT2D eigenvalue weighted by atomic mass is 10.2. The Balaban J connectivity index is 1.61. The summed E-state index contributed by atoms with van der Waals surface area (Å²) in [6.07, 6.45) is 0. The smallest absolute Gasteiger partial charge is 0.234 e. The molecule has 0 aliphatic rings. The molecular formula is C15H14ClN5OS2. The molecule has 9 heteroatoms. The first-order valence-electron chi connectivity index (χ1n) is 6.98. The van der Waals surface area contributed by atoms with Crippen molar-refractivity contribution in [1.29, 1.82) is 0 Å². The summed E-state index contributed by atoms with van der Waals surface area (Å²) in [4.78, 5) is 13.0. The van der Waals surface area contributed by atoms with Gasteiger partial charge in [-0.1, -0.05) is 35.5 Å². The summed E-state index contributed by atoms with van der Waals surface area (Å²) in [7, 11) is 0. The maximum Gasteiger partial charge on any atom is 0.234 e. The van der Waals surface area contributed by atoms with E-state index in [-0.39, 0.29) is 11.7 Å². The van der Waals surface area contributed by atoms with Crippen molar-refractivity contribution in [1.82, 2.24) is 14.9 Å². The number of nitrogens with two attached hydrogens (primary N) is 1. The Hall–Kier alpha value is -2.03. The Morgan fingerprint density at radius 2 is 2.25 bits per heavy atom. The molecule has 0 spiro atoms. The zero-order valence-corrected chi connectivity index (χ0v) is 15.1. The van der Waals surface area contributed by atoms with Crippen LogP contribution in [0.15, 0.2) is 40.9 Å². The summed E-state index contributed by atoms with van der Waals surface area (Å²) in [6.45, 7) is 1.91. The van der Waals surface area contributed by atoms with Gasteiger partial charge in [-0.25, -0.2) is 4.68 Å². The van der Waals surface area contributed by atoms with E-state index in [9.17, 15) is 4.79 Å². The molecular weight excluding hydrogens is 366 g/mol. The number of thioether (sulfide) groups is 1. The Kier molecular flexibility index (Phi) is 5.08. The molecule has 124 valence electrons. The number of aryl methyl sites for hydroxylation is 1. The van der Waals surface area contributed by atoms with Crippen molar-refractivity contribution >= 4 is 46.3 Å². The first-order valence-corrected chi connectivity index (χ1v) is 9.22. The standard InChI is InChI=1S/C15H14ClN5OS2/c1-9-4-5-10(7-11(9)16)18-13(22)8-24-15-20-19-14(21(15)17)12-3-2-6-23-12/h2-7H,8,17H2,1H3,(H,18,22). The molecule has 0 bridgehead atoms. The molecule has 0 saturated carbocycles. The van der Waals surface area contributed by atoms with Crippen molar-refractivity contribution in [2.75, 3.05) is 16.9 Å². The molecule has 3 N–H and O–H groups in total. The van der Waals surface area contributed by atoms with Gasteiger partial charge in [0.2, 0.25) is 11.1 Å². The van der Waals surface area contributed by atoms with Crippen molar-refractivity contribution in [3.8, 4) is 10.7 Å². The van der Waals surface area contributed by atoms with Crippen LogP contribution in [0.3, 0.4) is 0 Å². The molecule has 0 aliphatic heterocycles. The van der Waals surface area contributed by atoms with Gasteiger partial charge < -0.3 is 11.2 Å². The minimum absolute atomic E-state index is 0.166. The Bertz CT molecular complexity index is 863. The van der Waals surface area contributed by atoms with E-state index in [0.29, 0.717) is 21.7 Å². The van der Waals surface area contributed by atoms with Crippen molar-refractivity contribution in [2.24, 2.45) is 0 Å². The van der Waals surface area contributed by atoms with Gasteiger partial charge in [-0.2, -0.15) is 0 Å². The van der Waals surface area contributed by atoms with E-state index in [1.165, 1.54) is 27.8 Å².